The summed E-state index contributed by atoms with van der Waals surface area (Å²) < 4.78 is 10.9. The van der Waals surface area contributed by atoms with Gasteiger partial charge in [-0.05, 0) is 41.1 Å². The van der Waals surface area contributed by atoms with Gasteiger partial charge in [-0.3, -0.25) is 4.79 Å². The third-order valence-electron chi connectivity index (χ3n) is 4.94. The molecule has 1 N–H and O–H groups in total. The molecule has 1 amide bonds. The Bertz CT molecular complexity index is 1370. The first-order valence-electron chi connectivity index (χ1n) is 10.0. The van der Waals surface area contributed by atoms with E-state index in [-0.39, 0.29) is 11.3 Å². The maximum absolute atomic E-state index is 12.7. The van der Waals surface area contributed by atoms with Crippen LogP contribution in [0.25, 0.3) is 10.8 Å². The molecule has 0 aliphatic carbocycles. The molecule has 0 radical (unpaired) electrons. The Morgan fingerprint density at radius 1 is 0.848 bits per heavy atom. The fraction of sp³-hybridized carbons (Fsp3) is 0.0385. The van der Waals surface area contributed by atoms with Crippen molar-refractivity contribution < 1.29 is 19.1 Å². The third-order valence-corrected chi connectivity index (χ3v) is 5.27. The Kier molecular flexibility index (Phi) is 6.66. The van der Waals surface area contributed by atoms with Crippen molar-refractivity contribution in [2.45, 2.75) is 0 Å². The first-order chi connectivity index (χ1) is 16.1. The maximum Gasteiger partial charge on any atom is 0.345 e. The highest BCUT2D eigenvalue weighted by atomic mass is 35.5. The van der Waals surface area contributed by atoms with Crippen LogP contribution in [-0.4, -0.2) is 25.2 Å². The molecule has 0 aliphatic rings. The Balaban J connectivity index is 1.65. The largest absolute Gasteiger partial charge is 0.496 e. The summed E-state index contributed by atoms with van der Waals surface area (Å²) in [5, 5.41) is 6.12. The van der Waals surface area contributed by atoms with Crippen LogP contribution in [0.3, 0.4) is 0 Å². The van der Waals surface area contributed by atoms with Crippen LogP contribution < -0.4 is 14.9 Å². The summed E-state index contributed by atoms with van der Waals surface area (Å²) in [5.74, 6) is -0.305. The van der Waals surface area contributed by atoms with E-state index in [1.165, 1.54) is 13.3 Å². The van der Waals surface area contributed by atoms with Gasteiger partial charge in [-0.25, -0.2) is 10.2 Å². The minimum atomic E-state index is -0.594. The lowest BCUT2D eigenvalue weighted by Crippen LogP contribution is -2.18. The molecule has 0 saturated heterocycles. The van der Waals surface area contributed by atoms with Crippen molar-refractivity contribution in [2.24, 2.45) is 5.10 Å². The number of halogens is 1. The number of hydrogen-bond acceptors (Lipinski definition) is 5. The standard InChI is InChI=1S/C26H19ClN2O4/c1-32-23-13-7-5-11-20(23)25(30)29-28-16-21-18-9-3-2-8-17(18)14-15-24(21)33-26(31)19-10-4-6-12-22(19)27/h2-16H,1H3,(H,29,30)/b28-16+. The topological polar surface area (TPSA) is 77.0 Å². The average molecular weight is 459 g/mol. The van der Waals surface area contributed by atoms with Crippen molar-refractivity contribution in [2.75, 3.05) is 7.11 Å². The number of methoxy groups -OCH3 is 1. The predicted molar refractivity (Wildman–Crippen MR) is 128 cm³/mol. The quantitative estimate of drug-likeness (QED) is 0.179. The molecule has 0 unspecified atom stereocenters. The monoisotopic (exact) mass is 458 g/mol. The smallest absolute Gasteiger partial charge is 0.345 e. The van der Waals surface area contributed by atoms with Gasteiger partial charge in [0, 0.05) is 5.56 Å². The van der Waals surface area contributed by atoms with Gasteiger partial charge >= 0.3 is 5.97 Å². The van der Waals surface area contributed by atoms with E-state index in [4.69, 9.17) is 21.1 Å². The van der Waals surface area contributed by atoms with Crippen molar-refractivity contribution in [3.05, 3.63) is 107 Å². The zero-order valence-electron chi connectivity index (χ0n) is 17.6. The first kappa shape index (κ1) is 22.0. The number of rotatable bonds is 6. The van der Waals surface area contributed by atoms with Crippen LogP contribution in [0.1, 0.15) is 26.3 Å². The van der Waals surface area contributed by atoms with E-state index < -0.39 is 11.9 Å². The van der Waals surface area contributed by atoms with E-state index in [0.29, 0.717) is 21.9 Å². The summed E-state index contributed by atoms with van der Waals surface area (Å²) in [6, 6.07) is 24.6. The van der Waals surface area contributed by atoms with E-state index in [1.807, 2.05) is 30.3 Å². The molecule has 0 aliphatic heterocycles. The van der Waals surface area contributed by atoms with E-state index in [0.717, 1.165) is 10.8 Å². The number of nitrogens with zero attached hydrogens (tertiary/aromatic N) is 1. The number of benzene rings is 4. The second-order valence-electron chi connectivity index (χ2n) is 6.97. The van der Waals surface area contributed by atoms with Crippen LogP contribution >= 0.6 is 11.6 Å². The fourth-order valence-electron chi connectivity index (χ4n) is 3.33. The SMILES string of the molecule is COc1ccccc1C(=O)N/N=C/c1c(OC(=O)c2ccccc2Cl)ccc2ccccc12. The van der Waals surface area contributed by atoms with Crippen molar-refractivity contribution in [3.8, 4) is 11.5 Å². The van der Waals surface area contributed by atoms with Gasteiger partial charge in [0.2, 0.25) is 0 Å². The van der Waals surface area contributed by atoms with Crippen LogP contribution in [0.5, 0.6) is 11.5 Å². The normalized spacial score (nSPS) is 10.8. The molecule has 0 aromatic heterocycles. The lowest BCUT2D eigenvalue weighted by atomic mass is 10.0. The molecule has 0 saturated carbocycles. The molecule has 33 heavy (non-hydrogen) atoms. The van der Waals surface area contributed by atoms with Gasteiger partial charge < -0.3 is 9.47 Å². The van der Waals surface area contributed by atoms with Gasteiger partial charge in [0.05, 0.1) is 29.5 Å². The summed E-state index contributed by atoms with van der Waals surface area (Å²) in [7, 11) is 1.49. The number of nitrogens with one attached hydrogen (secondary N) is 1. The van der Waals surface area contributed by atoms with Crippen molar-refractivity contribution in [3.63, 3.8) is 0 Å². The Morgan fingerprint density at radius 3 is 2.33 bits per heavy atom. The Morgan fingerprint density at radius 2 is 1.55 bits per heavy atom. The van der Waals surface area contributed by atoms with Gasteiger partial charge in [0.15, 0.2) is 0 Å². The summed E-state index contributed by atoms with van der Waals surface area (Å²) in [6.45, 7) is 0. The van der Waals surface area contributed by atoms with Gasteiger partial charge in [-0.2, -0.15) is 5.10 Å². The second kappa shape index (κ2) is 9.97. The lowest BCUT2D eigenvalue weighted by molar-refractivity contribution is 0.0734. The zero-order valence-corrected chi connectivity index (χ0v) is 18.4. The molecule has 4 rings (SSSR count). The van der Waals surface area contributed by atoms with Crippen LogP contribution in [0, 0.1) is 0 Å². The van der Waals surface area contributed by atoms with Crippen molar-refractivity contribution >= 4 is 40.5 Å². The van der Waals surface area contributed by atoms with Crippen molar-refractivity contribution in [1.29, 1.82) is 0 Å². The number of hydrazone groups is 1. The number of carbonyl (C=O) groups excluding carboxylic acids is 2. The molecule has 4 aromatic carbocycles. The highest BCUT2D eigenvalue weighted by molar-refractivity contribution is 6.33. The van der Waals surface area contributed by atoms with E-state index in [1.54, 1.807) is 54.6 Å². The van der Waals surface area contributed by atoms with E-state index in [2.05, 4.69) is 10.5 Å². The minimum absolute atomic E-state index is 0.250. The number of carbonyl (C=O) groups is 2. The maximum atomic E-state index is 12.7. The van der Waals surface area contributed by atoms with Crippen LogP contribution in [0.2, 0.25) is 5.02 Å². The predicted octanol–water partition coefficient (Wildman–Crippen LogP) is 5.48. The summed E-state index contributed by atoms with van der Waals surface area (Å²) in [6.07, 6.45) is 1.45. The zero-order chi connectivity index (χ0) is 23.2. The Labute approximate surface area is 195 Å². The molecule has 0 fully saturated rings. The van der Waals surface area contributed by atoms with E-state index in [9.17, 15) is 9.59 Å². The summed E-state index contributed by atoms with van der Waals surface area (Å²) in [4.78, 5) is 25.3. The summed E-state index contributed by atoms with van der Waals surface area (Å²) in [5.41, 5.74) is 3.63. The third kappa shape index (κ3) is 4.86. The number of hydrogen-bond donors (Lipinski definition) is 1. The molecular weight excluding hydrogens is 440 g/mol. The number of esters is 1. The van der Waals surface area contributed by atoms with Crippen LogP contribution in [0.15, 0.2) is 90.0 Å². The van der Waals surface area contributed by atoms with Gasteiger partial charge in [-0.1, -0.05) is 66.2 Å². The summed E-state index contributed by atoms with van der Waals surface area (Å²) >= 11 is 6.14. The molecule has 0 atom stereocenters. The highest BCUT2D eigenvalue weighted by Gasteiger charge is 2.16. The molecule has 6 nitrogen and oxygen atoms in total. The molecule has 0 bridgehead atoms. The van der Waals surface area contributed by atoms with Crippen LogP contribution in [-0.2, 0) is 0 Å². The average Bonchev–Trinajstić information content (AvgIpc) is 2.85. The lowest BCUT2D eigenvalue weighted by Gasteiger charge is -2.11. The first-order valence-corrected chi connectivity index (χ1v) is 10.4. The number of fused-ring (bicyclic) bond motifs is 1. The molecule has 4 aromatic rings. The molecular formula is C26H19ClN2O4. The van der Waals surface area contributed by atoms with E-state index >= 15 is 0 Å². The molecule has 0 spiro atoms. The van der Waals surface area contributed by atoms with Gasteiger partial charge in [0.25, 0.3) is 5.91 Å². The second-order valence-corrected chi connectivity index (χ2v) is 7.37. The minimum Gasteiger partial charge on any atom is -0.496 e. The van der Waals surface area contributed by atoms with Crippen molar-refractivity contribution in [1.82, 2.24) is 5.43 Å². The van der Waals surface area contributed by atoms with Gasteiger partial charge in [-0.15, -0.1) is 0 Å². The van der Waals surface area contributed by atoms with Gasteiger partial charge in [0.1, 0.15) is 11.5 Å². The number of amides is 1. The highest BCUT2D eigenvalue weighted by Crippen LogP contribution is 2.28. The Hall–Kier alpha value is -4.16. The number of para-hydroxylation sites is 1. The number of ether oxygens (including phenoxy) is 2. The molecule has 164 valence electrons. The molecule has 7 heteroatoms. The van der Waals surface area contributed by atoms with Crippen LogP contribution in [0.4, 0.5) is 0 Å². The molecule has 0 heterocycles. The fourth-order valence-corrected chi connectivity index (χ4v) is 3.54.